The van der Waals surface area contributed by atoms with E-state index in [4.69, 9.17) is 11.5 Å². The molecule has 8 rings (SSSR count). The third kappa shape index (κ3) is 11.6. The number of hydroxylamine groups is 2. The first-order valence-corrected chi connectivity index (χ1v) is 25.3. The van der Waals surface area contributed by atoms with E-state index in [1.807, 2.05) is 0 Å². The molecule has 4 atom stereocenters. The van der Waals surface area contributed by atoms with Gasteiger partial charge in [0.25, 0.3) is 34.5 Å². The van der Waals surface area contributed by atoms with Gasteiger partial charge in [0.2, 0.25) is 33.9 Å². The monoisotopic (exact) mass is 1150 g/mol. The molecule has 2 saturated heterocycles. The summed E-state index contributed by atoms with van der Waals surface area (Å²) < 4.78 is 7.79. The third-order valence-corrected chi connectivity index (χ3v) is 16.4. The quantitative estimate of drug-likeness (QED) is 0.0135. The molecule has 2 aromatic carbocycles. The number of amides is 4. The van der Waals surface area contributed by atoms with Crippen LogP contribution in [0.15, 0.2) is 61.8 Å². The Hall–Kier alpha value is -4.96. The predicted octanol–water partition coefficient (Wildman–Crippen LogP) is -11.8. The number of rotatable bonds is 18. The third-order valence-electron chi connectivity index (χ3n) is 10.3. The summed E-state index contributed by atoms with van der Waals surface area (Å²) in [6.45, 7) is 0. The maximum atomic E-state index is 12.9. The molecule has 30 nitrogen and oxygen atoms in total. The number of fused-ring (bicyclic) bond motifs is 2. The summed E-state index contributed by atoms with van der Waals surface area (Å²) >= 11 is 5.78. The second-order valence-corrected chi connectivity index (χ2v) is 20.4. The molecular weight excluding hydrogens is 1120 g/mol. The Balaban J connectivity index is 0.000000267. The number of hydrogen-bond donors (Lipinski definition) is 6. The number of oxime groups is 2. The number of nitrogens with zero attached hydrogens (tertiary/aromatic N) is 10. The standard InChI is InChI=1S/2C18H17N7O8S3.2Na/c2*1-24(32)9-10(26)11(27)12(9)34-3-5-4-35-16-7(15(29)25(16)8(5)17(30)31)20-14(28)6(22-33-2)13-21-18(19)36-23-13;;/h2*7,16,32H,3-4H2,1-2H3,(H,20,28)(H,30,31)(H2,19,21,23);;/q;;2*+1/p-2/b2*22-6-;;/t2*7-,16-;;/m11../s1. The van der Waals surface area contributed by atoms with Crippen molar-refractivity contribution in [2.75, 3.05) is 72.9 Å². The molecule has 380 valence electrons. The molecule has 6 heterocycles. The molecule has 2 aromatic heterocycles. The van der Waals surface area contributed by atoms with Gasteiger partial charge in [-0.3, -0.25) is 68.7 Å². The molecule has 0 saturated carbocycles. The minimum Gasteiger partial charge on any atom is -0.543 e. The van der Waals surface area contributed by atoms with E-state index in [1.165, 1.54) is 51.8 Å². The molecule has 0 radical (unpaired) electrons. The van der Waals surface area contributed by atoms with Crippen molar-refractivity contribution in [3.05, 3.63) is 75.1 Å². The van der Waals surface area contributed by atoms with Crippen LogP contribution in [0.3, 0.4) is 0 Å². The molecule has 4 amide bonds. The Morgan fingerprint density at radius 1 is 0.689 bits per heavy atom. The molecule has 74 heavy (non-hydrogen) atoms. The number of nitrogens with one attached hydrogen (secondary N) is 2. The van der Waals surface area contributed by atoms with Gasteiger partial charge in [0.15, 0.2) is 10.3 Å². The molecular formula is C36H32N14Na2O16S6. The van der Waals surface area contributed by atoms with E-state index in [-0.39, 0.29) is 159 Å². The zero-order valence-corrected chi connectivity index (χ0v) is 47.7. The van der Waals surface area contributed by atoms with Crippen molar-refractivity contribution in [3.8, 4) is 0 Å². The number of β-lactam (4-membered cyclic amide) rings is 2. The van der Waals surface area contributed by atoms with Crippen LogP contribution in [0.2, 0.25) is 0 Å². The second-order valence-electron chi connectivity index (χ2n) is 14.7. The van der Waals surface area contributed by atoms with Crippen molar-refractivity contribution in [2.24, 2.45) is 10.3 Å². The molecule has 4 aliphatic heterocycles. The van der Waals surface area contributed by atoms with E-state index in [9.17, 15) is 68.6 Å². The van der Waals surface area contributed by atoms with Gasteiger partial charge in [0.1, 0.15) is 48.4 Å². The van der Waals surface area contributed by atoms with Crippen molar-refractivity contribution < 1.29 is 118 Å². The predicted molar refractivity (Wildman–Crippen MR) is 254 cm³/mol. The van der Waals surface area contributed by atoms with Gasteiger partial charge < -0.3 is 51.6 Å². The maximum absolute atomic E-state index is 12.9. The van der Waals surface area contributed by atoms with Crippen LogP contribution in [-0.4, -0.2) is 160 Å². The first-order valence-electron chi connectivity index (χ1n) is 19.7. The Labute approximate surface area is 482 Å². The summed E-state index contributed by atoms with van der Waals surface area (Å²) in [6.07, 6.45) is 0. The summed E-state index contributed by atoms with van der Waals surface area (Å²) in [6, 6.07) is -2.15. The zero-order chi connectivity index (χ0) is 52.6. The van der Waals surface area contributed by atoms with Crippen molar-refractivity contribution >= 4 is 139 Å². The molecule has 38 heteroatoms. The van der Waals surface area contributed by atoms with Gasteiger partial charge >= 0.3 is 59.1 Å². The number of carbonyl (C=O) groups excluding carboxylic acids is 6. The number of hydrogen-bond acceptors (Lipinski definition) is 32. The smallest absolute Gasteiger partial charge is 0.543 e. The Morgan fingerprint density at radius 2 is 1.04 bits per heavy atom. The number of anilines is 4. The maximum Gasteiger partial charge on any atom is 1.00 e. The van der Waals surface area contributed by atoms with Crippen molar-refractivity contribution in [1.29, 1.82) is 0 Å². The van der Waals surface area contributed by atoms with E-state index < -0.39 is 80.1 Å². The number of carbonyl (C=O) groups is 6. The van der Waals surface area contributed by atoms with E-state index in [2.05, 4.69) is 49.3 Å². The van der Waals surface area contributed by atoms with E-state index in [0.29, 0.717) is 10.1 Å². The molecule has 4 aliphatic rings. The number of carboxylic acid groups (broad SMARTS) is 2. The first-order chi connectivity index (χ1) is 34.1. The number of aromatic nitrogens is 4. The SMILES string of the molecule is CO/N=C(\C(=O)N[C@@H]1C(=O)N2C(C(=O)[O-])=C(CSc3c(N(C)O)c(=O)c3=O)CS[C@H]12)c1nsc(N)n1.CO/N=C(\C(=O)N[C@@H]1C(=O)N2C(C(=O)[O-])=C(CSc3c(N(C)O)c(=O)c3=O)CS[C@H]12)c1nsc(N)n1.[Na+].[Na+]. The topological polar surface area (TPSA) is 441 Å². The number of aliphatic carboxylic acids is 2. The largest absolute Gasteiger partial charge is 1.00 e. The summed E-state index contributed by atoms with van der Waals surface area (Å²) in [7, 11) is 4.78. The summed E-state index contributed by atoms with van der Waals surface area (Å²) in [4.78, 5) is 141. The molecule has 0 bridgehead atoms. The van der Waals surface area contributed by atoms with Gasteiger partial charge in [-0.2, -0.15) is 18.7 Å². The average Bonchev–Trinajstić information content (AvgIpc) is 3.98. The van der Waals surface area contributed by atoms with Gasteiger partial charge in [-0.05, 0) is 11.1 Å². The van der Waals surface area contributed by atoms with Crippen LogP contribution in [0.1, 0.15) is 11.6 Å². The van der Waals surface area contributed by atoms with Crippen molar-refractivity contribution in [3.63, 3.8) is 0 Å². The van der Waals surface area contributed by atoms with Crippen LogP contribution in [0, 0.1) is 0 Å². The van der Waals surface area contributed by atoms with Gasteiger partial charge in [-0.25, -0.2) is 0 Å². The minimum absolute atomic E-state index is 0. The number of nitrogens with two attached hydrogens (primary N) is 2. The summed E-state index contributed by atoms with van der Waals surface area (Å²) in [5.74, 6) is -6.28. The summed E-state index contributed by atoms with van der Waals surface area (Å²) in [5, 5.41) is 54.8. The van der Waals surface area contributed by atoms with Gasteiger partial charge in [-0.1, -0.05) is 10.3 Å². The van der Waals surface area contributed by atoms with Crippen molar-refractivity contribution in [1.82, 2.24) is 39.1 Å². The second kappa shape index (κ2) is 24.8. The fourth-order valence-corrected chi connectivity index (χ4v) is 13.2. The summed E-state index contributed by atoms with van der Waals surface area (Å²) in [5.41, 5.74) is 6.61. The van der Waals surface area contributed by atoms with Crippen LogP contribution < -0.4 is 123 Å². The van der Waals surface area contributed by atoms with Crippen molar-refractivity contribution in [2.45, 2.75) is 32.6 Å². The van der Waals surface area contributed by atoms with E-state index in [0.717, 1.165) is 56.4 Å². The molecule has 0 aliphatic carbocycles. The molecule has 0 spiro atoms. The Morgan fingerprint density at radius 3 is 1.32 bits per heavy atom. The normalized spacial score (nSPS) is 19.2. The van der Waals surface area contributed by atoms with Crippen LogP contribution in [-0.2, 0) is 38.4 Å². The van der Waals surface area contributed by atoms with Gasteiger partial charge in [0, 0.05) is 60.2 Å². The Bertz CT molecular complexity index is 3010. The van der Waals surface area contributed by atoms with Crippen LogP contribution >= 0.6 is 70.1 Å². The molecule has 0 unspecified atom stereocenters. The molecule has 8 N–H and O–H groups in total. The van der Waals surface area contributed by atoms with E-state index >= 15 is 0 Å². The van der Waals surface area contributed by atoms with Gasteiger partial charge in [0.05, 0.1) is 33.1 Å². The fraction of sp³-hybridized carbons (Fsp3) is 0.333. The number of carboxylic acids is 2. The minimum atomic E-state index is -1.61. The average molecular weight is 1160 g/mol. The van der Waals surface area contributed by atoms with E-state index in [1.54, 1.807) is 0 Å². The van der Waals surface area contributed by atoms with Gasteiger partial charge in [-0.15, -0.1) is 47.0 Å². The number of thioether (sulfide) groups is 4. The fourth-order valence-electron chi connectivity index (χ4n) is 7.09. The van der Waals surface area contributed by atoms with Crippen LogP contribution in [0.25, 0.3) is 0 Å². The zero-order valence-electron chi connectivity index (χ0n) is 38.8. The Kier molecular flexibility index (Phi) is 20.1. The van der Waals surface area contributed by atoms with Crippen LogP contribution in [0.4, 0.5) is 21.6 Å². The first kappa shape index (κ1) is 59.9. The van der Waals surface area contributed by atoms with Crippen LogP contribution in [0.5, 0.6) is 0 Å². The molecule has 4 aromatic rings. The molecule has 2 fully saturated rings. The number of nitrogen functional groups attached to an aromatic ring is 2.